The standard InChI is InChI=1S/C37H43BrClN3O8/c1-4-6-13-28(44)40-27(22-48-3)31(23-11-8-7-9-12-23)49-36(47)29-30-34(45)42(19-10-20-43)33(37(30)21-26(38)32(29)50-37)35(46)41(18-5-2)25-16-14-24(39)15-17-25/h4-5,7-9,11-12,14-17,26-27,29-33,43H,1-2,6,10,13,18-22H2,3H3,(H,40,44)/t26?,27-,29+,30-,31-,32+,33+,37-/m0/s1. The molecule has 3 amide bonds. The largest absolute Gasteiger partial charge is 0.455 e. The molecule has 3 aliphatic rings. The van der Waals surface area contributed by atoms with E-state index >= 15 is 0 Å². The Labute approximate surface area is 305 Å². The molecule has 2 aromatic rings. The van der Waals surface area contributed by atoms with Crippen molar-refractivity contribution in [2.45, 2.75) is 60.4 Å². The van der Waals surface area contributed by atoms with Crippen molar-refractivity contribution in [3.05, 3.63) is 90.5 Å². The molecule has 0 aromatic heterocycles. The Morgan fingerprint density at radius 3 is 2.54 bits per heavy atom. The summed E-state index contributed by atoms with van der Waals surface area (Å²) < 4.78 is 18.4. The number of alkyl halides is 1. The number of nitrogens with one attached hydrogen (secondary N) is 1. The summed E-state index contributed by atoms with van der Waals surface area (Å²) in [4.78, 5) is 59.1. The Bertz CT molecular complexity index is 1560. The number of carbonyl (C=O) groups excluding carboxylic acids is 4. The molecule has 268 valence electrons. The maximum absolute atomic E-state index is 14.7. The monoisotopic (exact) mass is 771 g/mol. The van der Waals surface area contributed by atoms with Gasteiger partial charge in [0.15, 0.2) is 0 Å². The SMILES string of the molecule is C=CCCC(=O)N[C@@H](COC)[C@@H](OC(=O)[C@H]1[C@@H]2O[C@@]3(CC2Br)[C@@H]1C(=O)N(CCCO)[C@@H]3C(=O)N(CC=C)c1ccc(Cl)cc1)c1ccccc1. The van der Waals surface area contributed by atoms with Crippen LogP contribution in [0.1, 0.15) is 37.4 Å². The Kier molecular flexibility index (Phi) is 12.6. The van der Waals surface area contributed by atoms with E-state index in [1.54, 1.807) is 60.7 Å². The van der Waals surface area contributed by atoms with E-state index in [4.69, 9.17) is 25.8 Å². The Balaban J connectivity index is 1.51. The van der Waals surface area contributed by atoms with Crippen LogP contribution in [0.2, 0.25) is 5.02 Å². The number of ether oxygens (including phenoxy) is 3. The number of hydrogen-bond acceptors (Lipinski definition) is 8. The molecule has 0 saturated carbocycles. The molecule has 3 aliphatic heterocycles. The smallest absolute Gasteiger partial charge is 0.313 e. The van der Waals surface area contributed by atoms with Crippen LogP contribution < -0.4 is 10.2 Å². The van der Waals surface area contributed by atoms with Crippen molar-refractivity contribution >= 4 is 56.9 Å². The lowest BCUT2D eigenvalue weighted by molar-refractivity contribution is -0.163. The van der Waals surface area contributed by atoms with E-state index in [2.05, 4.69) is 34.4 Å². The molecule has 2 N–H and O–H groups in total. The molecule has 8 atom stereocenters. The van der Waals surface area contributed by atoms with E-state index < -0.39 is 59.5 Å². The van der Waals surface area contributed by atoms with Crippen LogP contribution in [0.25, 0.3) is 0 Å². The number of esters is 1. The van der Waals surface area contributed by atoms with Gasteiger partial charge >= 0.3 is 5.97 Å². The molecule has 5 rings (SSSR count). The van der Waals surface area contributed by atoms with E-state index in [9.17, 15) is 24.3 Å². The topological polar surface area (TPSA) is 135 Å². The number of aliphatic hydroxyl groups excluding tert-OH is 1. The fourth-order valence-corrected chi connectivity index (χ4v) is 8.57. The third-order valence-electron chi connectivity index (χ3n) is 9.57. The average molecular weight is 773 g/mol. The van der Waals surface area contributed by atoms with Crippen LogP contribution in [0.3, 0.4) is 0 Å². The quantitative estimate of drug-likeness (QED) is 0.138. The fraction of sp³-hybridized carbons (Fsp3) is 0.459. The summed E-state index contributed by atoms with van der Waals surface area (Å²) in [5, 5.41) is 13.2. The number of nitrogens with zero attached hydrogens (tertiary/aromatic N) is 2. The Morgan fingerprint density at radius 1 is 1.18 bits per heavy atom. The van der Waals surface area contributed by atoms with Crippen LogP contribution in [0.4, 0.5) is 5.69 Å². The van der Waals surface area contributed by atoms with Gasteiger partial charge in [-0.2, -0.15) is 0 Å². The van der Waals surface area contributed by atoms with Gasteiger partial charge in [-0.15, -0.1) is 13.2 Å². The van der Waals surface area contributed by atoms with Crippen LogP contribution in [0.15, 0.2) is 79.9 Å². The maximum Gasteiger partial charge on any atom is 0.313 e. The third kappa shape index (κ3) is 7.41. The van der Waals surface area contributed by atoms with E-state index in [1.807, 2.05) is 6.07 Å². The van der Waals surface area contributed by atoms with Gasteiger partial charge in [0.1, 0.15) is 17.7 Å². The number of rotatable bonds is 17. The highest BCUT2D eigenvalue weighted by Gasteiger charge is 2.77. The molecule has 2 bridgehead atoms. The summed E-state index contributed by atoms with van der Waals surface area (Å²) in [6.07, 6.45) is 2.68. The minimum atomic E-state index is -1.36. The zero-order chi connectivity index (χ0) is 36.0. The number of fused-ring (bicyclic) bond motifs is 1. The summed E-state index contributed by atoms with van der Waals surface area (Å²) in [6, 6.07) is 13.9. The number of methoxy groups -OCH3 is 1. The van der Waals surface area contributed by atoms with Crippen LogP contribution in [-0.4, -0.2) is 95.7 Å². The number of carbonyl (C=O) groups is 4. The van der Waals surface area contributed by atoms with Gasteiger partial charge in [-0.05, 0) is 49.1 Å². The summed E-state index contributed by atoms with van der Waals surface area (Å²) in [7, 11) is 1.49. The number of aliphatic hydroxyl groups is 1. The molecule has 13 heteroatoms. The minimum absolute atomic E-state index is 0.0416. The van der Waals surface area contributed by atoms with Crippen molar-refractivity contribution in [3.63, 3.8) is 0 Å². The van der Waals surface area contributed by atoms with Crippen molar-refractivity contribution < 1.29 is 38.5 Å². The molecule has 11 nitrogen and oxygen atoms in total. The highest BCUT2D eigenvalue weighted by Crippen LogP contribution is 2.60. The molecule has 2 aromatic carbocycles. The third-order valence-corrected chi connectivity index (χ3v) is 10.7. The number of benzene rings is 2. The van der Waals surface area contributed by atoms with Gasteiger partial charge in [0.2, 0.25) is 11.8 Å². The summed E-state index contributed by atoms with van der Waals surface area (Å²) >= 11 is 9.84. The van der Waals surface area contributed by atoms with E-state index in [0.29, 0.717) is 29.1 Å². The highest BCUT2D eigenvalue weighted by atomic mass is 79.9. The first-order valence-corrected chi connectivity index (χ1v) is 18.0. The van der Waals surface area contributed by atoms with Crippen LogP contribution in [-0.2, 0) is 33.4 Å². The summed E-state index contributed by atoms with van der Waals surface area (Å²) in [5.41, 5.74) is -0.178. The Morgan fingerprint density at radius 2 is 1.90 bits per heavy atom. The fourth-order valence-electron chi connectivity index (χ4n) is 7.51. The van der Waals surface area contributed by atoms with E-state index in [-0.39, 0.29) is 49.9 Å². The van der Waals surface area contributed by atoms with Crippen LogP contribution in [0, 0.1) is 11.8 Å². The molecular formula is C37H43BrClN3O8. The lowest BCUT2D eigenvalue weighted by Crippen LogP contribution is -2.57. The van der Waals surface area contributed by atoms with Gasteiger partial charge in [-0.3, -0.25) is 19.2 Å². The molecule has 3 saturated heterocycles. The van der Waals surface area contributed by atoms with Crippen LogP contribution >= 0.6 is 27.5 Å². The summed E-state index contributed by atoms with van der Waals surface area (Å²) in [6.45, 7) is 7.57. The second-order valence-electron chi connectivity index (χ2n) is 12.7. The van der Waals surface area contributed by atoms with Crippen molar-refractivity contribution in [2.75, 3.05) is 38.3 Å². The van der Waals surface area contributed by atoms with Gasteiger partial charge in [-0.25, -0.2) is 0 Å². The zero-order valence-electron chi connectivity index (χ0n) is 27.9. The van der Waals surface area contributed by atoms with Gasteiger partial charge in [-0.1, -0.05) is 70.0 Å². The lowest BCUT2D eigenvalue weighted by Gasteiger charge is -2.37. The zero-order valence-corrected chi connectivity index (χ0v) is 30.3. The normalized spacial score (nSPS) is 26.2. The van der Waals surface area contributed by atoms with E-state index in [1.165, 1.54) is 16.9 Å². The molecule has 1 spiro atoms. The second-order valence-corrected chi connectivity index (χ2v) is 14.3. The average Bonchev–Trinajstić information content (AvgIpc) is 3.71. The van der Waals surface area contributed by atoms with Crippen molar-refractivity contribution in [1.29, 1.82) is 0 Å². The number of hydrogen-bond donors (Lipinski definition) is 2. The number of amides is 3. The predicted molar refractivity (Wildman–Crippen MR) is 192 cm³/mol. The maximum atomic E-state index is 14.7. The molecule has 50 heavy (non-hydrogen) atoms. The first-order valence-electron chi connectivity index (χ1n) is 16.7. The molecule has 0 aliphatic carbocycles. The first-order chi connectivity index (χ1) is 24.1. The van der Waals surface area contributed by atoms with E-state index in [0.717, 1.165) is 0 Å². The Hall–Kier alpha value is -3.55. The summed E-state index contributed by atoms with van der Waals surface area (Å²) in [5.74, 6) is -3.87. The predicted octanol–water partition coefficient (Wildman–Crippen LogP) is 4.37. The molecular weight excluding hydrogens is 730 g/mol. The first kappa shape index (κ1) is 37.7. The lowest BCUT2D eigenvalue weighted by atomic mass is 9.70. The number of anilines is 1. The second kappa shape index (κ2) is 16.6. The molecule has 1 unspecified atom stereocenters. The molecule has 3 heterocycles. The minimum Gasteiger partial charge on any atom is -0.455 e. The van der Waals surface area contributed by atoms with Crippen molar-refractivity contribution in [3.8, 4) is 0 Å². The van der Waals surface area contributed by atoms with Crippen molar-refractivity contribution in [1.82, 2.24) is 10.2 Å². The molecule has 3 fully saturated rings. The number of likely N-dealkylation sites (tertiary alicyclic amines) is 1. The van der Waals surface area contributed by atoms with Gasteiger partial charge in [0.05, 0.1) is 30.6 Å². The van der Waals surface area contributed by atoms with Crippen molar-refractivity contribution in [2.24, 2.45) is 11.8 Å². The van der Waals surface area contributed by atoms with Gasteiger partial charge in [0, 0.05) is 48.8 Å². The number of allylic oxidation sites excluding steroid dienone is 1. The molecule has 0 radical (unpaired) electrons. The van der Waals surface area contributed by atoms with Gasteiger partial charge < -0.3 is 34.4 Å². The highest BCUT2D eigenvalue weighted by molar-refractivity contribution is 9.09. The number of halogens is 2. The van der Waals surface area contributed by atoms with Crippen LogP contribution in [0.5, 0.6) is 0 Å². The van der Waals surface area contributed by atoms with Gasteiger partial charge in [0.25, 0.3) is 5.91 Å².